The van der Waals surface area contributed by atoms with Crippen LogP contribution in [0.5, 0.6) is 0 Å². The van der Waals surface area contributed by atoms with Crippen LogP contribution in [0.15, 0.2) is 54.6 Å². The molecule has 3 aromatic rings. The third kappa shape index (κ3) is 7.18. The number of carbonyl (C=O) groups is 2. The number of benzene rings is 2. The molecule has 0 aliphatic carbocycles. The van der Waals surface area contributed by atoms with Gasteiger partial charge in [-0.3, -0.25) is 4.79 Å². The van der Waals surface area contributed by atoms with Crippen molar-refractivity contribution in [1.82, 2.24) is 14.7 Å². The van der Waals surface area contributed by atoms with Crippen LogP contribution in [0.4, 0.5) is 16.3 Å². The highest BCUT2D eigenvalue weighted by Gasteiger charge is 2.23. The predicted octanol–water partition coefficient (Wildman–Crippen LogP) is 5.30. The number of aromatic nitrogens is 2. The molecule has 1 heterocycles. The van der Waals surface area contributed by atoms with Gasteiger partial charge < -0.3 is 20.3 Å². The zero-order valence-electron chi connectivity index (χ0n) is 22.1. The Bertz CT molecular complexity index is 1180. The molecule has 3 amide bonds. The van der Waals surface area contributed by atoms with E-state index in [1.807, 2.05) is 62.4 Å². The van der Waals surface area contributed by atoms with Crippen molar-refractivity contribution in [3.05, 3.63) is 71.4 Å². The fourth-order valence-electron chi connectivity index (χ4n) is 3.80. The minimum absolute atomic E-state index is 0.106. The van der Waals surface area contributed by atoms with Gasteiger partial charge in [-0.2, -0.15) is 5.10 Å². The van der Waals surface area contributed by atoms with Gasteiger partial charge in [-0.15, -0.1) is 0 Å². The average Bonchev–Trinajstić information content (AvgIpc) is 3.23. The van der Waals surface area contributed by atoms with E-state index in [9.17, 15) is 9.59 Å². The number of nitrogens with one attached hydrogen (secondary N) is 2. The Hall–Kier alpha value is -3.65. The lowest BCUT2D eigenvalue weighted by atomic mass is 9.92. The van der Waals surface area contributed by atoms with Crippen molar-refractivity contribution >= 4 is 23.4 Å². The van der Waals surface area contributed by atoms with Gasteiger partial charge in [0.2, 0.25) is 5.91 Å². The van der Waals surface area contributed by atoms with Gasteiger partial charge in [0.15, 0.2) is 0 Å². The quantitative estimate of drug-likeness (QED) is 0.398. The first-order chi connectivity index (χ1) is 17.1. The SMILES string of the molecule is COCCCN(CC(=O)Nc1cc(C(C)(C)C)nn1-c1ccc(C)cc1C)C(=O)Nc1ccccc1. The van der Waals surface area contributed by atoms with Crippen LogP contribution in [0.25, 0.3) is 5.69 Å². The second-order valence-electron chi connectivity index (χ2n) is 9.98. The largest absolute Gasteiger partial charge is 0.385 e. The van der Waals surface area contributed by atoms with E-state index in [2.05, 4.69) is 37.5 Å². The van der Waals surface area contributed by atoms with Crippen LogP contribution in [-0.2, 0) is 14.9 Å². The standard InChI is InChI=1S/C28H37N5O3/c1-20-13-14-23(21(2)17-20)33-25(18-24(31-33)28(3,4)5)30-26(34)19-32(15-10-16-36-6)27(35)29-22-11-8-7-9-12-22/h7-9,11-14,17-18H,10,15-16,19H2,1-6H3,(H,29,35)(H,30,34). The number of carbonyl (C=O) groups excluding carboxylic acids is 2. The molecule has 0 atom stereocenters. The van der Waals surface area contributed by atoms with E-state index in [4.69, 9.17) is 9.84 Å². The predicted molar refractivity (Wildman–Crippen MR) is 144 cm³/mol. The number of urea groups is 1. The maximum atomic E-state index is 13.2. The minimum atomic E-state index is -0.342. The monoisotopic (exact) mass is 491 g/mol. The van der Waals surface area contributed by atoms with Gasteiger partial charge in [0.1, 0.15) is 12.4 Å². The minimum Gasteiger partial charge on any atom is -0.385 e. The number of hydrogen-bond acceptors (Lipinski definition) is 4. The molecule has 0 aliphatic heterocycles. The second-order valence-corrected chi connectivity index (χ2v) is 9.98. The third-order valence-electron chi connectivity index (χ3n) is 5.75. The lowest BCUT2D eigenvalue weighted by Crippen LogP contribution is -2.41. The molecule has 0 radical (unpaired) electrons. The molecule has 8 nitrogen and oxygen atoms in total. The van der Waals surface area contributed by atoms with Crippen LogP contribution < -0.4 is 10.6 Å². The van der Waals surface area contributed by atoms with Crippen molar-refractivity contribution in [2.45, 2.75) is 46.5 Å². The van der Waals surface area contributed by atoms with Crippen LogP contribution in [-0.4, -0.2) is 53.4 Å². The molecule has 0 bridgehead atoms. The van der Waals surface area contributed by atoms with E-state index in [1.165, 1.54) is 4.90 Å². The highest BCUT2D eigenvalue weighted by atomic mass is 16.5. The van der Waals surface area contributed by atoms with E-state index < -0.39 is 0 Å². The number of ether oxygens (including phenoxy) is 1. The molecule has 0 unspecified atom stereocenters. The molecule has 0 fully saturated rings. The first-order valence-electron chi connectivity index (χ1n) is 12.2. The number of anilines is 2. The molecule has 8 heteroatoms. The summed E-state index contributed by atoms with van der Waals surface area (Å²) in [6.07, 6.45) is 0.612. The van der Waals surface area contributed by atoms with Crippen molar-refractivity contribution < 1.29 is 14.3 Å². The topological polar surface area (TPSA) is 88.5 Å². The fraction of sp³-hybridized carbons (Fsp3) is 0.393. The summed E-state index contributed by atoms with van der Waals surface area (Å²) in [5, 5.41) is 10.7. The summed E-state index contributed by atoms with van der Waals surface area (Å²) in [5.41, 5.74) is 4.42. The third-order valence-corrected chi connectivity index (χ3v) is 5.75. The lowest BCUT2D eigenvalue weighted by Gasteiger charge is -2.23. The van der Waals surface area contributed by atoms with E-state index in [0.29, 0.717) is 31.1 Å². The summed E-state index contributed by atoms with van der Waals surface area (Å²) in [6.45, 7) is 11.1. The summed E-state index contributed by atoms with van der Waals surface area (Å²) in [6, 6.07) is 16.9. The van der Waals surface area contributed by atoms with Gasteiger partial charge in [-0.25, -0.2) is 9.48 Å². The molecule has 2 aromatic carbocycles. The summed E-state index contributed by atoms with van der Waals surface area (Å²) in [7, 11) is 1.61. The van der Waals surface area contributed by atoms with Gasteiger partial charge in [-0.1, -0.05) is 56.7 Å². The summed E-state index contributed by atoms with van der Waals surface area (Å²) >= 11 is 0. The Balaban J connectivity index is 1.83. The Kier molecular flexibility index (Phi) is 8.88. The molecule has 192 valence electrons. The zero-order valence-corrected chi connectivity index (χ0v) is 22.1. The Morgan fingerprint density at radius 1 is 1.03 bits per heavy atom. The molecular weight excluding hydrogens is 454 g/mol. The van der Waals surface area contributed by atoms with Gasteiger partial charge >= 0.3 is 6.03 Å². The van der Waals surface area contributed by atoms with Crippen molar-refractivity contribution in [2.75, 3.05) is 37.4 Å². The molecule has 0 aliphatic rings. The molecule has 0 saturated heterocycles. The number of rotatable bonds is 9. The van der Waals surface area contributed by atoms with Gasteiger partial charge in [0.05, 0.1) is 11.4 Å². The van der Waals surface area contributed by atoms with Crippen molar-refractivity contribution in [2.24, 2.45) is 0 Å². The van der Waals surface area contributed by atoms with Crippen LogP contribution in [0.3, 0.4) is 0 Å². The smallest absolute Gasteiger partial charge is 0.322 e. The molecular formula is C28H37N5O3. The molecule has 3 rings (SSSR count). The molecule has 0 saturated carbocycles. The number of amides is 3. The number of aryl methyl sites for hydroxylation is 2. The highest BCUT2D eigenvalue weighted by molar-refractivity contribution is 5.96. The molecule has 0 spiro atoms. The number of methoxy groups -OCH3 is 1. The summed E-state index contributed by atoms with van der Waals surface area (Å²) in [4.78, 5) is 27.7. The van der Waals surface area contributed by atoms with Crippen molar-refractivity contribution in [3.63, 3.8) is 0 Å². The first-order valence-corrected chi connectivity index (χ1v) is 12.2. The van der Waals surface area contributed by atoms with Crippen molar-refractivity contribution in [3.8, 4) is 5.69 Å². The van der Waals surface area contributed by atoms with E-state index >= 15 is 0 Å². The van der Waals surface area contributed by atoms with E-state index in [1.54, 1.807) is 11.8 Å². The maximum Gasteiger partial charge on any atom is 0.322 e. The normalized spacial score (nSPS) is 11.3. The summed E-state index contributed by atoms with van der Waals surface area (Å²) < 4.78 is 6.91. The van der Waals surface area contributed by atoms with Crippen LogP contribution in [0, 0.1) is 13.8 Å². The lowest BCUT2D eigenvalue weighted by molar-refractivity contribution is -0.116. The van der Waals surface area contributed by atoms with Crippen molar-refractivity contribution in [1.29, 1.82) is 0 Å². The van der Waals surface area contributed by atoms with E-state index in [-0.39, 0.29) is 23.9 Å². The Morgan fingerprint density at radius 2 is 1.75 bits per heavy atom. The average molecular weight is 492 g/mol. The molecule has 1 aromatic heterocycles. The number of para-hydroxylation sites is 1. The first kappa shape index (κ1) is 26.9. The zero-order chi connectivity index (χ0) is 26.3. The van der Waals surface area contributed by atoms with Crippen LogP contribution >= 0.6 is 0 Å². The fourth-order valence-corrected chi connectivity index (χ4v) is 3.80. The Morgan fingerprint density at radius 3 is 2.39 bits per heavy atom. The highest BCUT2D eigenvalue weighted by Crippen LogP contribution is 2.27. The Labute approximate surface area is 213 Å². The maximum absolute atomic E-state index is 13.2. The number of hydrogen-bond donors (Lipinski definition) is 2. The van der Waals surface area contributed by atoms with Gasteiger partial charge in [-0.05, 0) is 44.0 Å². The van der Waals surface area contributed by atoms with Gasteiger partial charge in [0, 0.05) is 37.4 Å². The second kappa shape index (κ2) is 11.9. The van der Waals surface area contributed by atoms with Gasteiger partial charge in [0.25, 0.3) is 0 Å². The van der Waals surface area contributed by atoms with Crippen LogP contribution in [0.2, 0.25) is 0 Å². The van der Waals surface area contributed by atoms with E-state index in [0.717, 1.165) is 22.5 Å². The molecule has 2 N–H and O–H groups in total. The van der Waals surface area contributed by atoms with Crippen LogP contribution in [0.1, 0.15) is 44.0 Å². The summed E-state index contributed by atoms with van der Waals surface area (Å²) in [5.74, 6) is 0.263. The molecule has 36 heavy (non-hydrogen) atoms. The number of nitrogens with zero attached hydrogens (tertiary/aromatic N) is 3.